The van der Waals surface area contributed by atoms with Crippen LogP contribution in [0.25, 0.3) is 6.08 Å². The summed E-state index contributed by atoms with van der Waals surface area (Å²) in [6.45, 7) is 4.28. The zero-order chi connectivity index (χ0) is 20.8. The van der Waals surface area contributed by atoms with Crippen molar-refractivity contribution < 1.29 is 32.3 Å². The molecular formula is C17H24O7Si3. The SMILES string of the molecule is COc1cc(/C=C/C(=O)O)c(CCC(C)C)c(OC)c1OC.[Si]O[Si]O[Si]. The van der Waals surface area contributed by atoms with Crippen LogP contribution in [0.3, 0.4) is 0 Å². The normalized spacial score (nSPS) is 10.5. The molecule has 1 aromatic carbocycles. The third kappa shape index (κ3) is 9.24. The van der Waals surface area contributed by atoms with E-state index in [-0.39, 0.29) is 10.0 Å². The summed E-state index contributed by atoms with van der Waals surface area (Å²) in [7, 11) is 10.1. The van der Waals surface area contributed by atoms with Gasteiger partial charge in [0.2, 0.25) is 26.7 Å². The van der Waals surface area contributed by atoms with Gasteiger partial charge in [0.25, 0.3) is 0 Å². The minimum absolute atomic E-state index is 0.0247. The fourth-order valence-electron chi connectivity index (χ4n) is 2.26. The summed E-state index contributed by atoms with van der Waals surface area (Å²) in [5, 5.41) is 8.86. The average molecular weight is 425 g/mol. The highest BCUT2D eigenvalue weighted by Gasteiger charge is 2.19. The molecule has 1 N–H and O–H groups in total. The highest BCUT2D eigenvalue weighted by atomic mass is 28.3. The van der Waals surface area contributed by atoms with E-state index in [9.17, 15) is 4.79 Å². The molecule has 0 saturated carbocycles. The van der Waals surface area contributed by atoms with Crippen molar-refractivity contribution in [2.75, 3.05) is 21.3 Å². The smallest absolute Gasteiger partial charge is 0.409 e. The van der Waals surface area contributed by atoms with Crippen LogP contribution in [0.4, 0.5) is 0 Å². The van der Waals surface area contributed by atoms with Crippen LogP contribution in [0, 0.1) is 5.92 Å². The van der Waals surface area contributed by atoms with Crippen molar-refractivity contribution in [3.63, 3.8) is 0 Å². The second-order valence-corrected chi connectivity index (χ2v) is 7.40. The van der Waals surface area contributed by atoms with E-state index in [1.54, 1.807) is 26.4 Å². The van der Waals surface area contributed by atoms with E-state index in [1.807, 2.05) is 0 Å². The highest BCUT2D eigenvalue weighted by Crippen LogP contribution is 2.43. The standard InChI is InChI=1S/C17H24O5.O2Si3/c1-11(2)6-8-13-12(7-9-15(18)19)10-14(20-3)17(22-5)16(13)21-4;3-1-5-2-4/h7,9-11H,6,8H2,1-5H3,(H,18,19);/b9-7+;. The molecule has 0 amide bonds. The lowest BCUT2D eigenvalue weighted by Gasteiger charge is -2.19. The Morgan fingerprint density at radius 2 is 1.74 bits per heavy atom. The zero-order valence-electron chi connectivity index (χ0n) is 16.1. The fourth-order valence-corrected chi connectivity index (χ4v) is 2.80. The third-order valence-corrected chi connectivity index (χ3v) is 4.09. The van der Waals surface area contributed by atoms with Gasteiger partial charge in [0.1, 0.15) is 0 Å². The number of benzene rings is 1. The molecule has 0 aliphatic carbocycles. The van der Waals surface area contributed by atoms with Crippen molar-refractivity contribution in [2.24, 2.45) is 5.92 Å². The van der Waals surface area contributed by atoms with Gasteiger partial charge in [-0.2, -0.15) is 0 Å². The second-order valence-electron chi connectivity index (χ2n) is 5.60. The van der Waals surface area contributed by atoms with Gasteiger partial charge in [-0.05, 0) is 36.5 Å². The molecule has 27 heavy (non-hydrogen) atoms. The van der Waals surface area contributed by atoms with Crippen LogP contribution in [0.5, 0.6) is 17.2 Å². The van der Waals surface area contributed by atoms with E-state index in [0.29, 0.717) is 23.2 Å². The molecule has 0 fully saturated rings. The number of hydrogen-bond donors (Lipinski definition) is 1. The van der Waals surface area contributed by atoms with Gasteiger partial charge in [0.15, 0.2) is 11.5 Å². The average Bonchev–Trinajstić information content (AvgIpc) is 2.64. The first-order valence-corrected chi connectivity index (χ1v) is 9.62. The van der Waals surface area contributed by atoms with Crippen molar-refractivity contribution in [3.05, 3.63) is 23.3 Å². The topological polar surface area (TPSA) is 83.5 Å². The molecule has 0 saturated heterocycles. The van der Waals surface area contributed by atoms with E-state index in [2.05, 4.69) is 43.0 Å². The number of aliphatic carboxylic acids is 1. The predicted molar refractivity (Wildman–Crippen MR) is 105 cm³/mol. The summed E-state index contributed by atoms with van der Waals surface area (Å²) in [6.07, 6.45) is 4.39. The zero-order valence-corrected chi connectivity index (χ0v) is 19.1. The maximum atomic E-state index is 10.8. The van der Waals surface area contributed by atoms with Gasteiger partial charge in [-0.1, -0.05) is 13.8 Å². The number of methoxy groups -OCH3 is 3. The molecule has 146 valence electrons. The van der Waals surface area contributed by atoms with E-state index >= 15 is 0 Å². The van der Waals surface area contributed by atoms with E-state index in [1.165, 1.54) is 7.11 Å². The van der Waals surface area contributed by atoms with Crippen LogP contribution in [-0.2, 0) is 19.4 Å². The van der Waals surface area contributed by atoms with Gasteiger partial charge < -0.3 is 27.5 Å². The summed E-state index contributed by atoms with van der Waals surface area (Å²) in [4.78, 5) is 10.8. The third-order valence-electron chi connectivity index (χ3n) is 3.43. The number of carboxylic acids is 1. The Morgan fingerprint density at radius 3 is 2.11 bits per heavy atom. The molecule has 0 aliphatic rings. The lowest BCUT2D eigenvalue weighted by molar-refractivity contribution is -0.131. The number of carbonyl (C=O) groups is 1. The lowest BCUT2D eigenvalue weighted by Crippen LogP contribution is -2.03. The van der Waals surface area contributed by atoms with Gasteiger partial charge in [0.05, 0.1) is 21.3 Å². The van der Waals surface area contributed by atoms with Gasteiger partial charge in [-0.3, -0.25) is 0 Å². The largest absolute Gasteiger partial charge is 0.493 e. The van der Waals surface area contributed by atoms with Gasteiger partial charge in [0, 0.05) is 11.6 Å². The highest BCUT2D eigenvalue weighted by molar-refractivity contribution is 6.33. The molecule has 7 nitrogen and oxygen atoms in total. The Bertz CT molecular complexity index is 605. The molecule has 0 aromatic heterocycles. The summed E-state index contributed by atoms with van der Waals surface area (Å²) in [5.41, 5.74) is 1.68. The lowest BCUT2D eigenvalue weighted by atomic mass is 9.96. The second kappa shape index (κ2) is 14.5. The fraction of sp³-hybridized carbons (Fsp3) is 0.471. The van der Waals surface area contributed by atoms with E-state index in [4.69, 9.17) is 19.3 Å². The first kappa shape index (κ1) is 25.4. The van der Waals surface area contributed by atoms with Crippen LogP contribution in [0.15, 0.2) is 12.1 Å². The molecule has 0 bridgehead atoms. The van der Waals surface area contributed by atoms with Crippen molar-refractivity contribution in [2.45, 2.75) is 26.7 Å². The first-order chi connectivity index (χ1) is 12.9. The maximum absolute atomic E-state index is 10.8. The van der Waals surface area contributed by atoms with Crippen molar-refractivity contribution in [1.82, 2.24) is 0 Å². The molecule has 1 rings (SSSR count). The maximum Gasteiger partial charge on any atom is 0.409 e. The molecular weight excluding hydrogens is 400 g/mol. The van der Waals surface area contributed by atoms with Crippen molar-refractivity contribution >= 4 is 43.0 Å². The number of ether oxygens (including phenoxy) is 3. The molecule has 1 aromatic rings. The molecule has 0 spiro atoms. The van der Waals surface area contributed by atoms with Crippen molar-refractivity contribution in [1.29, 1.82) is 0 Å². The Labute approximate surface area is 170 Å². The number of carboxylic acid groups (broad SMARTS) is 1. The van der Waals surface area contributed by atoms with Crippen LogP contribution in [-0.4, -0.2) is 63.4 Å². The monoisotopic (exact) mass is 424 g/mol. The van der Waals surface area contributed by atoms with Gasteiger partial charge in [-0.15, -0.1) is 0 Å². The summed E-state index contributed by atoms with van der Waals surface area (Å²) in [5.74, 6) is 1.15. The molecule has 8 radical (unpaired) electrons. The summed E-state index contributed by atoms with van der Waals surface area (Å²) in [6, 6.07) is 1.77. The number of rotatable bonds is 10. The Hall–Kier alpha value is -1.60. The Balaban J connectivity index is 0.00000119. The van der Waals surface area contributed by atoms with Crippen molar-refractivity contribution in [3.8, 4) is 17.2 Å². The Kier molecular flexibility index (Phi) is 13.6. The minimum atomic E-state index is -0.997. The molecule has 0 unspecified atom stereocenters. The van der Waals surface area contributed by atoms with Gasteiger partial charge in [-0.25, -0.2) is 4.79 Å². The van der Waals surface area contributed by atoms with E-state index in [0.717, 1.165) is 30.0 Å². The van der Waals surface area contributed by atoms with Crippen LogP contribution >= 0.6 is 0 Å². The molecule has 0 aliphatic heterocycles. The quantitative estimate of drug-likeness (QED) is 0.455. The molecule has 0 heterocycles. The first-order valence-electron chi connectivity index (χ1n) is 7.99. The predicted octanol–water partition coefficient (Wildman–Crippen LogP) is 2.12. The number of hydrogen-bond acceptors (Lipinski definition) is 6. The molecule has 10 heteroatoms. The molecule has 0 atom stereocenters. The van der Waals surface area contributed by atoms with Crippen LogP contribution < -0.4 is 14.2 Å². The Morgan fingerprint density at radius 1 is 1.15 bits per heavy atom. The van der Waals surface area contributed by atoms with Gasteiger partial charge >= 0.3 is 16.0 Å². The van der Waals surface area contributed by atoms with E-state index < -0.39 is 5.97 Å². The summed E-state index contributed by atoms with van der Waals surface area (Å²) >= 11 is 0. The van der Waals surface area contributed by atoms with Crippen LogP contribution in [0.2, 0.25) is 0 Å². The van der Waals surface area contributed by atoms with Crippen LogP contribution in [0.1, 0.15) is 31.4 Å². The summed E-state index contributed by atoms with van der Waals surface area (Å²) < 4.78 is 24.7. The minimum Gasteiger partial charge on any atom is -0.493 e.